The molecule has 0 aromatic heterocycles. The van der Waals surface area contributed by atoms with Crippen LogP contribution in [0.2, 0.25) is 0 Å². The van der Waals surface area contributed by atoms with Gasteiger partial charge in [-0.3, -0.25) is 0 Å². The molecule has 0 saturated carbocycles. The van der Waals surface area contributed by atoms with Crippen LogP contribution in [0.3, 0.4) is 0 Å². The number of allylic oxidation sites excluding steroid dienone is 1. The quantitative estimate of drug-likeness (QED) is 0.738. The van der Waals surface area contributed by atoms with Gasteiger partial charge in [0.05, 0.1) is 5.71 Å². The number of benzene rings is 2. The summed E-state index contributed by atoms with van der Waals surface area (Å²) in [6, 6.07) is 19.1. The van der Waals surface area contributed by atoms with Crippen LogP contribution in [0, 0.1) is 6.92 Å². The highest BCUT2D eigenvalue weighted by Gasteiger charge is 2.19. The summed E-state index contributed by atoms with van der Waals surface area (Å²) in [6.07, 6.45) is 3.08. The van der Waals surface area contributed by atoms with E-state index in [9.17, 15) is 0 Å². The van der Waals surface area contributed by atoms with Crippen LogP contribution < -0.4 is 0 Å². The molecule has 0 N–H and O–H groups in total. The fourth-order valence-electron chi connectivity index (χ4n) is 2.21. The zero-order valence-electron chi connectivity index (χ0n) is 12.2. The molecule has 0 spiro atoms. The van der Waals surface area contributed by atoms with Gasteiger partial charge < -0.3 is 0 Å². The van der Waals surface area contributed by atoms with Crippen molar-refractivity contribution in [2.75, 3.05) is 6.26 Å². The predicted octanol–water partition coefficient (Wildman–Crippen LogP) is 5.51. The third-order valence-electron chi connectivity index (χ3n) is 3.39. The maximum absolute atomic E-state index is 4.87. The van der Waals surface area contributed by atoms with Crippen LogP contribution in [0.4, 0.5) is 0 Å². The Hall–Kier alpha value is -1.45. The van der Waals surface area contributed by atoms with Gasteiger partial charge in [0, 0.05) is 16.2 Å². The summed E-state index contributed by atoms with van der Waals surface area (Å²) in [5.74, 6) is 0. The molecule has 0 fully saturated rings. The molecule has 1 aliphatic rings. The van der Waals surface area contributed by atoms with Crippen molar-refractivity contribution in [2.45, 2.75) is 18.2 Å². The summed E-state index contributed by atoms with van der Waals surface area (Å²) < 4.78 is 0. The summed E-state index contributed by atoms with van der Waals surface area (Å²) in [4.78, 5) is 7.48. The monoisotopic (exact) mass is 311 g/mol. The first-order valence-electron chi connectivity index (χ1n) is 6.91. The normalized spacial score (nSPS) is 14.5. The second-order valence-corrected chi connectivity index (χ2v) is 6.91. The minimum absolute atomic E-state index is 0.944. The maximum Gasteiger partial charge on any atom is 0.111 e. The molecule has 0 unspecified atom stereocenters. The summed E-state index contributed by atoms with van der Waals surface area (Å²) in [6.45, 7) is 2.11. The first-order chi connectivity index (χ1) is 10.3. The molecule has 0 amide bonds. The summed E-state index contributed by atoms with van der Waals surface area (Å²) in [5.41, 5.74) is 3.69. The lowest BCUT2D eigenvalue weighted by atomic mass is 10.1. The van der Waals surface area contributed by atoms with Crippen molar-refractivity contribution in [3.8, 4) is 0 Å². The van der Waals surface area contributed by atoms with Crippen LogP contribution in [-0.2, 0) is 0 Å². The molecule has 0 atom stereocenters. The number of rotatable bonds is 4. The van der Waals surface area contributed by atoms with E-state index in [0.29, 0.717) is 0 Å². The molecule has 21 heavy (non-hydrogen) atoms. The van der Waals surface area contributed by atoms with E-state index in [1.807, 2.05) is 6.07 Å². The van der Waals surface area contributed by atoms with Gasteiger partial charge in [-0.15, -0.1) is 11.8 Å². The Morgan fingerprint density at radius 3 is 2.33 bits per heavy atom. The van der Waals surface area contributed by atoms with E-state index in [-0.39, 0.29) is 0 Å². The Kier molecular flexibility index (Phi) is 4.51. The largest absolute Gasteiger partial charge is 0.244 e. The van der Waals surface area contributed by atoms with Crippen LogP contribution >= 0.6 is 23.5 Å². The molecule has 2 aromatic rings. The van der Waals surface area contributed by atoms with Gasteiger partial charge in [-0.25, -0.2) is 4.99 Å². The molecule has 3 rings (SSSR count). The summed E-state index contributed by atoms with van der Waals surface area (Å²) in [5, 5.41) is 1.14. The summed E-state index contributed by atoms with van der Waals surface area (Å²) in [7, 11) is 0. The average molecular weight is 311 g/mol. The molecule has 0 bridgehead atoms. The highest BCUT2D eigenvalue weighted by Crippen LogP contribution is 2.40. The minimum Gasteiger partial charge on any atom is -0.244 e. The van der Waals surface area contributed by atoms with Gasteiger partial charge in [0.2, 0.25) is 0 Å². The van der Waals surface area contributed by atoms with Crippen molar-refractivity contribution in [1.82, 2.24) is 0 Å². The Morgan fingerprint density at radius 2 is 1.67 bits per heavy atom. The van der Waals surface area contributed by atoms with Crippen molar-refractivity contribution in [2.24, 2.45) is 4.99 Å². The highest BCUT2D eigenvalue weighted by molar-refractivity contribution is 8.06. The van der Waals surface area contributed by atoms with Gasteiger partial charge in [0.15, 0.2) is 0 Å². The molecule has 3 heteroatoms. The fourth-order valence-corrected chi connectivity index (χ4v) is 3.92. The lowest BCUT2D eigenvalue weighted by Gasteiger charge is -2.03. The van der Waals surface area contributed by atoms with E-state index in [2.05, 4.69) is 61.7 Å². The summed E-state index contributed by atoms with van der Waals surface area (Å²) >= 11 is 3.57. The fraction of sp³-hybridized carbons (Fsp3) is 0.167. The van der Waals surface area contributed by atoms with E-state index in [4.69, 9.17) is 4.99 Å². The van der Waals surface area contributed by atoms with Crippen molar-refractivity contribution < 1.29 is 0 Å². The van der Waals surface area contributed by atoms with Crippen molar-refractivity contribution >= 4 is 29.2 Å². The van der Waals surface area contributed by atoms with E-state index >= 15 is 0 Å². The number of hydrogen-bond acceptors (Lipinski definition) is 3. The van der Waals surface area contributed by atoms with Gasteiger partial charge >= 0.3 is 0 Å². The molecule has 1 nitrogen and oxygen atoms in total. The van der Waals surface area contributed by atoms with E-state index < -0.39 is 0 Å². The highest BCUT2D eigenvalue weighted by atomic mass is 32.2. The number of aryl methyl sites for hydroxylation is 1. The predicted molar refractivity (Wildman–Crippen MR) is 95.2 cm³/mol. The Bertz CT molecular complexity index is 685. The standard InChI is InChI=1S/C18H17NS2/c1-13-8-10-15(11-9-13)21-18-17(20-2)12-16(19-18)14-6-4-3-5-7-14/h3-11H,12H2,1-2H3. The van der Waals surface area contributed by atoms with Crippen molar-refractivity contribution in [3.63, 3.8) is 0 Å². The molecular weight excluding hydrogens is 294 g/mol. The zero-order chi connectivity index (χ0) is 14.7. The molecule has 0 saturated heterocycles. The SMILES string of the molecule is CSC1=C(Sc2ccc(C)cc2)N=C(c2ccccc2)C1. The smallest absolute Gasteiger partial charge is 0.111 e. The molecule has 0 aliphatic carbocycles. The lowest BCUT2D eigenvalue weighted by Crippen LogP contribution is -1.96. The first-order valence-corrected chi connectivity index (χ1v) is 8.95. The van der Waals surface area contributed by atoms with Crippen LogP contribution in [0.15, 0.2) is 74.4 Å². The van der Waals surface area contributed by atoms with Crippen LogP contribution in [0.25, 0.3) is 0 Å². The maximum atomic E-state index is 4.87. The van der Waals surface area contributed by atoms with Gasteiger partial charge in [0.1, 0.15) is 5.03 Å². The minimum atomic E-state index is 0.944. The Morgan fingerprint density at radius 1 is 0.952 bits per heavy atom. The molecule has 2 aromatic carbocycles. The number of nitrogens with zero attached hydrogens (tertiary/aromatic N) is 1. The number of aliphatic imine (C=N–C) groups is 1. The average Bonchev–Trinajstić information content (AvgIpc) is 2.93. The second-order valence-electron chi connectivity index (χ2n) is 4.95. The van der Waals surface area contributed by atoms with Crippen molar-refractivity contribution in [3.05, 3.63) is 75.7 Å². The van der Waals surface area contributed by atoms with Gasteiger partial charge in [-0.1, -0.05) is 59.8 Å². The second kappa shape index (κ2) is 6.54. The van der Waals surface area contributed by atoms with E-state index in [1.54, 1.807) is 23.5 Å². The first kappa shape index (κ1) is 14.5. The Labute approximate surface area is 134 Å². The van der Waals surface area contributed by atoms with Gasteiger partial charge in [-0.2, -0.15) is 0 Å². The third kappa shape index (κ3) is 3.42. The molecular formula is C18H17NS2. The van der Waals surface area contributed by atoms with Gasteiger partial charge in [-0.05, 0) is 30.9 Å². The topological polar surface area (TPSA) is 12.4 Å². The third-order valence-corrected chi connectivity index (χ3v) is 5.39. The van der Waals surface area contributed by atoms with Crippen molar-refractivity contribution in [1.29, 1.82) is 0 Å². The van der Waals surface area contributed by atoms with Crippen LogP contribution in [0.1, 0.15) is 17.5 Å². The van der Waals surface area contributed by atoms with E-state index in [1.165, 1.54) is 26.6 Å². The van der Waals surface area contributed by atoms with Crippen LogP contribution in [0.5, 0.6) is 0 Å². The molecule has 1 aliphatic heterocycles. The van der Waals surface area contributed by atoms with Gasteiger partial charge in [0.25, 0.3) is 0 Å². The van der Waals surface area contributed by atoms with Crippen LogP contribution in [-0.4, -0.2) is 12.0 Å². The molecule has 106 valence electrons. The Balaban J connectivity index is 1.84. The van der Waals surface area contributed by atoms with E-state index in [0.717, 1.165) is 11.4 Å². The zero-order valence-corrected chi connectivity index (χ0v) is 13.8. The number of hydrogen-bond donors (Lipinski definition) is 0. The number of thioether (sulfide) groups is 2. The molecule has 1 heterocycles. The lowest BCUT2D eigenvalue weighted by molar-refractivity contribution is 1.37. The molecule has 0 radical (unpaired) electrons.